The van der Waals surface area contributed by atoms with Crippen LogP contribution in [-0.4, -0.2) is 17.6 Å². The van der Waals surface area contributed by atoms with Gasteiger partial charge < -0.3 is 15.4 Å². The minimum atomic E-state index is -0.458. The van der Waals surface area contributed by atoms with Crippen LogP contribution < -0.4 is 15.4 Å². The van der Waals surface area contributed by atoms with Crippen molar-refractivity contribution in [2.75, 3.05) is 11.9 Å². The van der Waals surface area contributed by atoms with Crippen molar-refractivity contribution in [3.63, 3.8) is 0 Å². The van der Waals surface area contributed by atoms with Crippen LogP contribution in [0.1, 0.15) is 13.3 Å². The molecule has 0 aliphatic heterocycles. The van der Waals surface area contributed by atoms with Gasteiger partial charge in [0.25, 0.3) is 0 Å². The summed E-state index contributed by atoms with van der Waals surface area (Å²) < 4.78 is 18.7. The zero-order valence-electron chi connectivity index (χ0n) is 11.6. The number of benzene rings is 1. The van der Waals surface area contributed by atoms with E-state index in [0.29, 0.717) is 12.2 Å². The van der Waals surface area contributed by atoms with Crippen LogP contribution in [0.4, 0.5) is 14.9 Å². The molecule has 1 aromatic heterocycles. The van der Waals surface area contributed by atoms with E-state index in [1.165, 1.54) is 18.3 Å². The minimum Gasteiger partial charge on any atom is -0.436 e. The molecule has 0 aliphatic rings. The minimum absolute atomic E-state index is 0.103. The number of halogens is 1. The molecule has 0 spiro atoms. The van der Waals surface area contributed by atoms with Crippen LogP contribution in [0.15, 0.2) is 42.6 Å². The number of nitrogens with zero attached hydrogens (tertiary/aromatic N) is 1. The van der Waals surface area contributed by atoms with Crippen molar-refractivity contribution in [2.45, 2.75) is 13.3 Å². The highest BCUT2D eigenvalue weighted by molar-refractivity contribution is 5.88. The lowest BCUT2D eigenvalue weighted by molar-refractivity contribution is 0.252. The summed E-state index contributed by atoms with van der Waals surface area (Å²) in [7, 11) is 0. The first-order chi connectivity index (χ1) is 10.2. The number of hydrogen-bond acceptors (Lipinski definition) is 3. The van der Waals surface area contributed by atoms with Gasteiger partial charge in [0, 0.05) is 12.6 Å². The SMILES string of the molecule is CCCNC(=O)Nc1ccc(Oc2ccccc2F)nc1. The normalized spacial score (nSPS) is 10.0. The maximum atomic E-state index is 13.4. The fourth-order valence-corrected chi connectivity index (χ4v) is 1.57. The summed E-state index contributed by atoms with van der Waals surface area (Å²) in [4.78, 5) is 15.5. The van der Waals surface area contributed by atoms with Gasteiger partial charge >= 0.3 is 6.03 Å². The summed E-state index contributed by atoms with van der Waals surface area (Å²) in [5, 5.41) is 5.32. The van der Waals surface area contributed by atoms with Gasteiger partial charge in [0.15, 0.2) is 11.6 Å². The molecule has 0 fully saturated rings. The lowest BCUT2D eigenvalue weighted by Gasteiger charge is -2.08. The first-order valence-corrected chi connectivity index (χ1v) is 6.62. The largest absolute Gasteiger partial charge is 0.436 e. The second-order valence-electron chi connectivity index (χ2n) is 4.30. The first kappa shape index (κ1) is 14.8. The predicted octanol–water partition coefficient (Wildman–Crippen LogP) is 3.54. The molecule has 0 radical (unpaired) electrons. The molecule has 5 nitrogen and oxygen atoms in total. The topological polar surface area (TPSA) is 63.2 Å². The number of hydrogen-bond donors (Lipinski definition) is 2. The fraction of sp³-hybridized carbons (Fsp3) is 0.200. The maximum Gasteiger partial charge on any atom is 0.319 e. The van der Waals surface area contributed by atoms with E-state index in [2.05, 4.69) is 15.6 Å². The molecule has 6 heteroatoms. The number of aromatic nitrogens is 1. The number of pyridine rings is 1. The molecule has 0 bridgehead atoms. The van der Waals surface area contributed by atoms with E-state index in [-0.39, 0.29) is 17.7 Å². The van der Waals surface area contributed by atoms with Gasteiger partial charge in [-0.1, -0.05) is 19.1 Å². The first-order valence-electron chi connectivity index (χ1n) is 6.62. The quantitative estimate of drug-likeness (QED) is 0.884. The molecule has 2 aromatic rings. The number of carbonyl (C=O) groups excluding carboxylic acids is 1. The number of anilines is 1. The van der Waals surface area contributed by atoms with Crippen LogP contribution in [0, 0.1) is 5.82 Å². The highest BCUT2D eigenvalue weighted by atomic mass is 19.1. The van der Waals surface area contributed by atoms with Crippen LogP contribution in [0.5, 0.6) is 11.6 Å². The van der Waals surface area contributed by atoms with Gasteiger partial charge in [-0.05, 0) is 24.6 Å². The van der Waals surface area contributed by atoms with E-state index in [1.807, 2.05) is 6.92 Å². The van der Waals surface area contributed by atoms with Gasteiger partial charge in [0.1, 0.15) is 0 Å². The van der Waals surface area contributed by atoms with Crippen molar-refractivity contribution < 1.29 is 13.9 Å². The van der Waals surface area contributed by atoms with E-state index >= 15 is 0 Å². The zero-order valence-corrected chi connectivity index (χ0v) is 11.6. The van der Waals surface area contributed by atoms with Crippen molar-refractivity contribution in [1.82, 2.24) is 10.3 Å². The van der Waals surface area contributed by atoms with Gasteiger partial charge in [-0.15, -0.1) is 0 Å². The standard InChI is InChI=1S/C15H16FN3O2/c1-2-9-17-15(20)19-11-7-8-14(18-10-11)21-13-6-4-3-5-12(13)16/h3-8,10H,2,9H2,1H3,(H2,17,19,20). The molecule has 2 N–H and O–H groups in total. The Bertz CT molecular complexity index is 602. The van der Waals surface area contributed by atoms with Gasteiger partial charge in [-0.3, -0.25) is 0 Å². The number of rotatable bonds is 5. The third kappa shape index (κ3) is 4.45. The number of carbonyl (C=O) groups is 1. The van der Waals surface area contributed by atoms with Crippen molar-refractivity contribution >= 4 is 11.7 Å². The Kier molecular flexibility index (Phi) is 5.09. The number of ether oxygens (including phenoxy) is 1. The number of nitrogens with one attached hydrogen (secondary N) is 2. The van der Waals surface area contributed by atoms with Crippen LogP contribution in [-0.2, 0) is 0 Å². The summed E-state index contributed by atoms with van der Waals surface area (Å²) in [6, 6.07) is 8.98. The molecule has 2 amide bonds. The molecule has 0 unspecified atom stereocenters. The fourth-order valence-electron chi connectivity index (χ4n) is 1.57. The monoisotopic (exact) mass is 289 g/mol. The van der Waals surface area contributed by atoms with E-state index in [9.17, 15) is 9.18 Å². The average Bonchev–Trinajstić information content (AvgIpc) is 2.49. The van der Waals surface area contributed by atoms with Gasteiger partial charge in [-0.2, -0.15) is 0 Å². The van der Waals surface area contributed by atoms with E-state index in [0.717, 1.165) is 6.42 Å². The molecule has 2 rings (SSSR count). The summed E-state index contributed by atoms with van der Waals surface area (Å²) in [6.07, 6.45) is 2.31. The molecule has 21 heavy (non-hydrogen) atoms. The summed E-state index contributed by atoms with van der Waals surface area (Å²) in [6.45, 7) is 2.57. The zero-order chi connectivity index (χ0) is 15.1. The molecule has 110 valence electrons. The Morgan fingerprint density at radius 3 is 2.76 bits per heavy atom. The molecule has 0 saturated heterocycles. The number of para-hydroxylation sites is 1. The smallest absolute Gasteiger partial charge is 0.319 e. The highest BCUT2D eigenvalue weighted by Gasteiger charge is 2.05. The van der Waals surface area contributed by atoms with E-state index in [1.54, 1.807) is 24.3 Å². The van der Waals surface area contributed by atoms with Crippen molar-refractivity contribution in [1.29, 1.82) is 0 Å². The summed E-state index contributed by atoms with van der Waals surface area (Å²) >= 11 is 0. The molecular weight excluding hydrogens is 273 g/mol. The molecule has 0 atom stereocenters. The van der Waals surface area contributed by atoms with Crippen LogP contribution in [0.2, 0.25) is 0 Å². The third-order valence-electron chi connectivity index (χ3n) is 2.58. The Morgan fingerprint density at radius 2 is 2.10 bits per heavy atom. The molecule has 0 saturated carbocycles. The Morgan fingerprint density at radius 1 is 1.29 bits per heavy atom. The van der Waals surface area contributed by atoms with Crippen molar-refractivity contribution in [3.8, 4) is 11.6 Å². The van der Waals surface area contributed by atoms with Gasteiger partial charge in [0.2, 0.25) is 5.88 Å². The Labute approximate surface area is 122 Å². The van der Waals surface area contributed by atoms with E-state index in [4.69, 9.17) is 4.74 Å². The van der Waals surface area contributed by atoms with Crippen LogP contribution in [0.3, 0.4) is 0 Å². The van der Waals surface area contributed by atoms with Crippen LogP contribution in [0.25, 0.3) is 0 Å². The van der Waals surface area contributed by atoms with Crippen molar-refractivity contribution in [3.05, 3.63) is 48.4 Å². The Balaban J connectivity index is 1.96. The molecular formula is C15H16FN3O2. The third-order valence-corrected chi connectivity index (χ3v) is 2.58. The highest BCUT2D eigenvalue weighted by Crippen LogP contribution is 2.22. The Hall–Kier alpha value is -2.63. The molecule has 0 aliphatic carbocycles. The predicted molar refractivity (Wildman–Crippen MR) is 78.0 cm³/mol. The second-order valence-corrected chi connectivity index (χ2v) is 4.30. The number of urea groups is 1. The summed E-state index contributed by atoms with van der Waals surface area (Å²) in [5.74, 6) is -0.105. The lowest BCUT2D eigenvalue weighted by atomic mass is 10.3. The van der Waals surface area contributed by atoms with E-state index < -0.39 is 5.82 Å². The van der Waals surface area contributed by atoms with Crippen molar-refractivity contribution in [2.24, 2.45) is 0 Å². The average molecular weight is 289 g/mol. The van der Waals surface area contributed by atoms with Gasteiger partial charge in [0.05, 0.1) is 11.9 Å². The molecule has 1 heterocycles. The maximum absolute atomic E-state index is 13.4. The van der Waals surface area contributed by atoms with Gasteiger partial charge in [-0.25, -0.2) is 14.2 Å². The lowest BCUT2D eigenvalue weighted by Crippen LogP contribution is -2.29. The second kappa shape index (κ2) is 7.23. The summed E-state index contributed by atoms with van der Waals surface area (Å²) in [5.41, 5.74) is 0.532. The molecule has 1 aromatic carbocycles. The van der Waals surface area contributed by atoms with Crippen LogP contribution >= 0.6 is 0 Å². The number of amides is 2.